The second-order valence-electron chi connectivity index (χ2n) is 1.84. The minimum atomic E-state index is 0.167. The number of aliphatic hydroxyl groups is 1. The van der Waals surface area contributed by atoms with E-state index in [2.05, 4.69) is 31.9 Å². The highest BCUT2D eigenvalue weighted by atomic mass is 79.9. The smallest absolute Gasteiger partial charge is 0.126 e. The molecule has 0 fully saturated rings. The predicted molar refractivity (Wildman–Crippen MR) is 49.9 cm³/mol. The van der Waals surface area contributed by atoms with Gasteiger partial charge in [-0.15, -0.1) is 0 Å². The third kappa shape index (κ3) is 23.5. The summed E-state index contributed by atoms with van der Waals surface area (Å²) < 4.78 is 0. The normalized spacial score (nSPS) is 11.3. The number of carbonyl (C=O) groups is 1. The number of hydrogen-bond donors (Lipinski definition) is 1. The predicted octanol–water partition coefficient (Wildman–Crippen LogP) is 1.73. The molecule has 0 aromatic rings. The lowest BCUT2D eigenvalue weighted by Gasteiger charge is -1.94. The van der Waals surface area contributed by atoms with Crippen molar-refractivity contribution < 1.29 is 9.90 Å². The molecule has 62 valence electrons. The Morgan fingerprint density at radius 1 is 1.60 bits per heavy atom. The first-order chi connectivity index (χ1) is 4.54. The van der Waals surface area contributed by atoms with Gasteiger partial charge in [0, 0.05) is 10.2 Å². The molecule has 2 nitrogen and oxygen atoms in total. The van der Waals surface area contributed by atoms with E-state index < -0.39 is 0 Å². The van der Waals surface area contributed by atoms with Crippen molar-refractivity contribution in [3.8, 4) is 0 Å². The molecule has 0 radical (unpaired) electrons. The molecule has 0 spiro atoms. The van der Waals surface area contributed by atoms with Crippen molar-refractivity contribution in [3.05, 3.63) is 0 Å². The van der Waals surface area contributed by atoms with Gasteiger partial charge in [-0.3, -0.25) is 0 Å². The molecule has 0 bridgehead atoms. The van der Waals surface area contributed by atoms with Crippen LogP contribution in [0.3, 0.4) is 0 Å². The molecule has 0 aliphatic rings. The largest absolute Gasteiger partial charge is 0.395 e. The van der Waals surface area contributed by atoms with Crippen LogP contribution >= 0.6 is 31.9 Å². The van der Waals surface area contributed by atoms with Gasteiger partial charge in [0.2, 0.25) is 0 Å². The monoisotopic (exact) mass is 274 g/mol. The molecule has 0 aliphatic heterocycles. The molecular formula is C6H12Br2O2. The van der Waals surface area contributed by atoms with Crippen LogP contribution in [-0.4, -0.2) is 27.7 Å². The summed E-state index contributed by atoms with van der Waals surface area (Å²) in [6, 6.07) is 0. The summed E-state index contributed by atoms with van der Waals surface area (Å²) in [4.78, 5) is 9.66. The van der Waals surface area contributed by atoms with E-state index in [1.807, 2.05) is 0 Å². The van der Waals surface area contributed by atoms with E-state index in [-0.39, 0.29) is 17.2 Å². The van der Waals surface area contributed by atoms with Crippen molar-refractivity contribution in [1.82, 2.24) is 0 Å². The molecule has 0 rings (SSSR count). The lowest BCUT2D eigenvalue weighted by molar-refractivity contribution is -0.114. The average molecular weight is 276 g/mol. The summed E-state index contributed by atoms with van der Waals surface area (Å²) in [6.07, 6.45) is 0. The third-order valence-electron chi connectivity index (χ3n) is 0.366. The summed E-state index contributed by atoms with van der Waals surface area (Å²) in [5.74, 6) is 0.167. The molecule has 1 N–H and O–H groups in total. The van der Waals surface area contributed by atoms with Crippen molar-refractivity contribution >= 4 is 37.6 Å². The Morgan fingerprint density at radius 2 is 1.90 bits per heavy atom. The molecule has 0 aromatic heterocycles. The zero-order valence-electron chi connectivity index (χ0n) is 6.10. The van der Waals surface area contributed by atoms with Gasteiger partial charge in [0.15, 0.2) is 0 Å². The summed E-state index contributed by atoms with van der Waals surface area (Å²) in [7, 11) is 0. The van der Waals surface area contributed by atoms with E-state index in [0.717, 1.165) is 5.33 Å². The van der Waals surface area contributed by atoms with Gasteiger partial charge in [-0.25, -0.2) is 0 Å². The van der Waals surface area contributed by atoms with E-state index >= 15 is 0 Å². The molecule has 0 aromatic carbocycles. The first kappa shape index (κ1) is 13.2. The van der Waals surface area contributed by atoms with Gasteiger partial charge in [0.05, 0.1) is 6.61 Å². The van der Waals surface area contributed by atoms with Crippen LogP contribution < -0.4 is 0 Å². The molecule has 1 atom stereocenters. The van der Waals surface area contributed by atoms with E-state index in [1.165, 1.54) is 13.8 Å². The van der Waals surface area contributed by atoms with Crippen molar-refractivity contribution in [2.24, 2.45) is 0 Å². The average Bonchev–Trinajstić information content (AvgIpc) is 1.85. The van der Waals surface area contributed by atoms with E-state index in [9.17, 15) is 4.79 Å². The molecule has 10 heavy (non-hydrogen) atoms. The highest BCUT2D eigenvalue weighted by molar-refractivity contribution is 9.12. The van der Waals surface area contributed by atoms with Crippen molar-refractivity contribution in [1.29, 1.82) is 0 Å². The number of halogens is 2. The zero-order valence-corrected chi connectivity index (χ0v) is 9.27. The van der Waals surface area contributed by atoms with Crippen LogP contribution in [0.2, 0.25) is 0 Å². The Labute approximate surface area is 78.3 Å². The van der Waals surface area contributed by atoms with E-state index in [0.29, 0.717) is 0 Å². The minimum Gasteiger partial charge on any atom is -0.395 e. The highest BCUT2D eigenvalue weighted by Gasteiger charge is 1.94. The third-order valence-corrected chi connectivity index (χ3v) is 2.63. The fraction of sp³-hybridized carbons (Fsp3) is 0.833. The standard InChI is InChI=1S/C3H6Br2O.C3H6O/c4-1-3(5)2-6;1-3(2)4/h3,6H,1-2H2;1-2H3. The number of alkyl halides is 2. The quantitative estimate of drug-likeness (QED) is 0.780. The Bertz CT molecular complexity index is 77.8. The van der Waals surface area contributed by atoms with Gasteiger partial charge in [-0.1, -0.05) is 31.9 Å². The van der Waals surface area contributed by atoms with Crippen LogP contribution in [0.25, 0.3) is 0 Å². The number of carbonyl (C=O) groups excluding carboxylic acids is 1. The number of hydrogen-bond acceptors (Lipinski definition) is 2. The Balaban J connectivity index is 0. The van der Waals surface area contributed by atoms with Gasteiger partial charge >= 0.3 is 0 Å². The second-order valence-corrected chi connectivity index (χ2v) is 3.78. The molecule has 0 saturated heterocycles. The van der Waals surface area contributed by atoms with Crippen LogP contribution in [0.1, 0.15) is 13.8 Å². The van der Waals surface area contributed by atoms with E-state index in [4.69, 9.17) is 5.11 Å². The van der Waals surface area contributed by atoms with Gasteiger partial charge in [0.25, 0.3) is 0 Å². The minimum absolute atomic E-state index is 0.167. The fourth-order valence-corrected chi connectivity index (χ4v) is 0.254. The number of Topliss-reactive ketones (excluding diaryl/α,β-unsaturated/α-hetero) is 1. The molecule has 4 heteroatoms. The van der Waals surface area contributed by atoms with Gasteiger partial charge in [0.1, 0.15) is 5.78 Å². The van der Waals surface area contributed by atoms with Gasteiger partial charge in [-0.05, 0) is 13.8 Å². The molecule has 0 heterocycles. The van der Waals surface area contributed by atoms with Crippen molar-refractivity contribution in [2.75, 3.05) is 11.9 Å². The Morgan fingerprint density at radius 3 is 1.90 bits per heavy atom. The maximum atomic E-state index is 9.44. The van der Waals surface area contributed by atoms with Crippen LogP contribution in [0.4, 0.5) is 0 Å². The van der Waals surface area contributed by atoms with Crippen molar-refractivity contribution in [2.45, 2.75) is 18.7 Å². The molecule has 0 amide bonds. The summed E-state index contributed by atoms with van der Waals surface area (Å²) in [5.41, 5.74) is 0. The number of ketones is 1. The summed E-state index contributed by atoms with van der Waals surface area (Å²) in [6.45, 7) is 3.26. The lowest BCUT2D eigenvalue weighted by Crippen LogP contribution is -2.03. The maximum absolute atomic E-state index is 9.44. The SMILES string of the molecule is CC(C)=O.OCC(Br)CBr. The number of rotatable bonds is 2. The van der Waals surface area contributed by atoms with E-state index in [1.54, 1.807) is 0 Å². The Kier molecular flexibility index (Phi) is 12.7. The van der Waals surface area contributed by atoms with Gasteiger partial charge < -0.3 is 9.90 Å². The lowest BCUT2D eigenvalue weighted by atomic mass is 10.5. The first-order valence-electron chi connectivity index (χ1n) is 2.82. The topological polar surface area (TPSA) is 37.3 Å². The summed E-state index contributed by atoms with van der Waals surface area (Å²) >= 11 is 6.35. The molecular weight excluding hydrogens is 264 g/mol. The zero-order chi connectivity index (χ0) is 8.57. The molecule has 0 aliphatic carbocycles. The van der Waals surface area contributed by atoms with Crippen LogP contribution in [-0.2, 0) is 4.79 Å². The Hall–Kier alpha value is 0.590. The van der Waals surface area contributed by atoms with Gasteiger partial charge in [-0.2, -0.15) is 0 Å². The second kappa shape index (κ2) is 9.59. The van der Waals surface area contributed by atoms with Crippen LogP contribution in [0, 0.1) is 0 Å². The fourth-order valence-electron chi connectivity index (χ4n) is 0.0488. The van der Waals surface area contributed by atoms with Crippen LogP contribution in [0.5, 0.6) is 0 Å². The maximum Gasteiger partial charge on any atom is 0.126 e. The number of aliphatic hydroxyl groups excluding tert-OH is 1. The van der Waals surface area contributed by atoms with Crippen LogP contribution in [0.15, 0.2) is 0 Å². The highest BCUT2D eigenvalue weighted by Crippen LogP contribution is 1.99. The summed E-state index contributed by atoms with van der Waals surface area (Å²) in [5, 5.41) is 9.07. The molecule has 0 saturated carbocycles. The molecule has 1 unspecified atom stereocenters. The van der Waals surface area contributed by atoms with Crippen molar-refractivity contribution in [3.63, 3.8) is 0 Å². The first-order valence-corrected chi connectivity index (χ1v) is 4.86.